The molecule has 0 amide bonds. The third kappa shape index (κ3) is 2.93. The second kappa shape index (κ2) is 5.65. The first-order valence-electron chi connectivity index (χ1n) is 6.33. The summed E-state index contributed by atoms with van der Waals surface area (Å²) < 4.78 is 1.31. The minimum absolute atomic E-state index is 0.210. The van der Waals surface area contributed by atoms with Gasteiger partial charge >= 0.3 is 0 Å². The Morgan fingerprint density at radius 3 is 2.40 bits per heavy atom. The zero-order chi connectivity index (χ0) is 14.1. The molecular weight excluding hydrogens is 309 g/mol. The molecule has 1 aromatic heterocycles. The van der Waals surface area contributed by atoms with Crippen molar-refractivity contribution in [2.75, 3.05) is 5.32 Å². The molecule has 0 radical (unpaired) electrons. The fourth-order valence-electron chi connectivity index (χ4n) is 2.17. The van der Waals surface area contributed by atoms with Gasteiger partial charge in [-0.15, -0.1) is 11.3 Å². The Kier molecular flexibility index (Phi) is 3.88. The Bertz CT molecular complexity index is 698. The average Bonchev–Trinajstić information content (AvgIpc) is 2.81. The van der Waals surface area contributed by atoms with E-state index < -0.39 is 0 Å². The van der Waals surface area contributed by atoms with Crippen molar-refractivity contribution in [1.82, 2.24) is 0 Å². The summed E-state index contributed by atoms with van der Waals surface area (Å²) in [5.41, 5.74) is 0.937. The molecule has 4 heteroatoms. The summed E-state index contributed by atoms with van der Waals surface area (Å²) in [6.45, 7) is 2.14. The summed E-state index contributed by atoms with van der Waals surface area (Å²) in [5, 5.41) is 6.01. The second-order valence-electron chi connectivity index (χ2n) is 4.71. The van der Waals surface area contributed by atoms with Gasteiger partial charge in [0, 0.05) is 25.3 Å². The van der Waals surface area contributed by atoms with Crippen molar-refractivity contribution in [3.8, 4) is 0 Å². The van der Waals surface area contributed by atoms with Gasteiger partial charge in [-0.3, -0.25) is 0 Å². The highest BCUT2D eigenvalue weighted by Gasteiger charge is 2.10. The molecule has 3 aromatic rings. The maximum Gasteiger partial charge on any atom is 0.0578 e. The molecule has 1 unspecified atom stereocenters. The largest absolute Gasteiger partial charge is 0.378 e. The van der Waals surface area contributed by atoms with Gasteiger partial charge < -0.3 is 5.32 Å². The van der Waals surface area contributed by atoms with Crippen LogP contribution in [0.5, 0.6) is 0 Å². The first kappa shape index (κ1) is 13.7. The van der Waals surface area contributed by atoms with Crippen molar-refractivity contribution in [2.24, 2.45) is 0 Å². The Hall–Kier alpha value is -1.22. The van der Waals surface area contributed by atoms with Crippen LogP contribution in [0.3, 0.4) is 0 Å². The smallest absolute Gasteiger partial charge is 0.0578 e. The van der Waals surface area contributed by atoms with Crippen LogP contribution in [0, 0.1) is 0 Å². The molecule has 0 bridgehead atoms. The van der Waals surface area contributed by atoms with Crippen molar-refractivity contribution in [3.63, 3.8) is 0 Å². The van der Waals surface area contributed by atoms with E-state index in [1.54, 1.807) is 17.4 Å². The molecule has 0 aliphatic rings. The van der Waals surface area contributed by atoms with Gasteiger partial charge in [-0.05, 0) is 42.6 Å². The molecule has 0 saturated carbocycles. The van der Waals surface area contributed by atoms with E-state index in [0.29, 0.717) is 10.0 Å². The molecule has 0 aliphatic carbocycles. The lowest BCUT2D eigenvalue weighted by atomic mass is 10.2. The van der Waals surface area contributed by atoms with Crippen molar-refractivity contribution < 1.29 is 0 Å². The predicted molar refractivity (Wildman–Crippen MR) is 90.3 cm³/mol. The Morgan fingerprint density at radius 2 is 1.70 bits per heavy atom. The molecule has 1 nitrogen and oxygen atoms in total. The Morgan fingerprint density at radius 1 is 1.00 bits per heavy atom. The van der Waals surface area contributed by atoms with Crippen molar-refractivity contribution in [1.29, 1.82) is 0 Å². The molecule has 0 saturated heterocycles. The van der Waals surface area contributed by atoms with Crippen LogP contribution in [-0.4, -0.2) is 0 Å². The molecule has 102 valence electrons. The van der Waals surface area contributed by atoms with Crippen molar-refractivity contribution >= 4 is 50.3 Å². The van der Waals surface area contributed by atoms with Crippen LogP contribution in [0.15, 0.2) is 48.5 Å². The van der Waals surface area contributed by atoms with Gasteiger partial charge in [-0.25, -0.2) is 0 Å². The standard InChI is InChI=1S/C16H13Cl2NS/c1-10(19-14-8-12(17)7-13(18)9-14)16-6-11-4-2-3-5-15(11)20-16/h2-10,19H,1H3. The van der Waals surface area contributed by atoms with E-state index in [2.05, 4.69) is 42.6 Å². The number of halogens is 2. The number of anilines is 1. The molecule has 0 spiro atoms. The predicted octanol–water partition coefficient (Wildman–Crippen LogP) is 6.38. The topological polar surface area (TPSA) is 12.0 Å². The average molecular weight is 322 g/mol. The highest BCUT2D eigenvalue weighted by Crippen LogP contribution is 2.32. The summed E-state index contributed by atoms with van der Waals surface area (Å²) in [6, 6.07) is 16.4. The first-order chi connectivity index (χ1) is 9.61. The van der Waals surface area contributed by atoms with Gasteiger partial charge in [0.05, 0.1) is 6.04 Å². The number of hydrogen-bond donors (Lipinski definition) is 1. The van der Waals surface area contributed by atoms with Gasteiger partial charge in [0.1, 0.15) is 0 Å². The molecule has 1 atom stereocenters. The van der Waals surface area contributed by atoms with E-state index in [1.165, 1.54) is 15.0 Å². The minimum Gasteiger partial charge on any atom is -0.378 e. The summed E-state index contributed by atoms with van der Waals surface area (Å²) >= 11 is 13.8. The van der Waals surface area contributed by atoms with E-state index >= 15 is 0 Å². The molecular formula is C16H13Cl2NS. The molecule has 3 rings (SSSR count). The number of nitrogens with one attached hydrogen (secondary N) is 1. The molecule has 0 aliphatic heterocycles. The lowest BCUT2D eigenvalue weighted by molar-refractivity contribution is 0.909. The van der Waals surface area contributed by atoms with Crippen LogP contribution in [0.1, 0.15) is 17.8 Å². The maximum atomic E-state index is 6.02. The number of thiophene rings is 1. The van der Waals surface area contributed by atoms with Gasteiger partial charge in [-0.1, -0.05) is 41.4 Å². The van der Waals surface area contributed by atoms with Gasteiger partial charge in [0.2, 0.25) is 0 Å². The summed E-state index contributed by atoms with van der Waals surface area (Å²) in [6.07, 6.45) is 0. The minimum atomic E-state index is 0.210. The highest BCUT2D eigenvalue weighted by molar-refractivity contribution is 7.19. The number of fused-ring (bicyclic) bond motifs is 1. The summed E-state index contributed by atoms with van der Waals surface area (Å²) in [5.74, 6) is 0. The van der Waals surface area contributed by atoms with Gasteiger partial charge in [0.15, 0.2) is 0 Å². The van der Waals surface area contributed by atoms with E-state index in [1.807, 2.05) is 12.1 Å². The van der Waals surface area contributed by atoms with Gasteiger partial charge in [-0.2, -0.15) is 0 Å². The number of benzene rings is 2. The summed E-state index contributed by atoms with van der Waals surface area (Å²) in [7, 11) is 0. The van der Waals surface area contributed by atoms with Crippen molar-refractivity contribution in [2.45, 2.75) is 13.0 Å². The van der Waals surface area contributed by atoms with E-state index in [4.69, 9.17) is 23.2 Å². The second-order valence-corrected chi connectivity index (χ2v) is 6.70. The van der Waals surface area contributed by atoms with E-state index in [0.717, 1.165) is 5.69 Å². The van der Waals surface area contributed by atoms with Gasteiger partial charge in [0.25, 0.3) is 0 Å². The van der Waals surface area contributed by atoms with Crippen LogP contribution < -0.4 is 5.32 Å². The number of rotatable bonds is 3. The fraction of sp³-hybridized carbons (Fsp3) is 0.125. The van der Waals surface area contributed by atoms with Crippen LogP contribution >= 0.6 is 34.5 Å². The third-order valence-electron chi connectivity index (χ3n) is 3.12. The first-order valence-corrected chi connectivity index (χ1v) is 7.90. The Balaban J connectivity index is 1.86. The lowest BCUT2D eigenvalue weighted by Crippen LogP contribution is -2.04. The molecule has 0 fully saturated rings. The molecule has 2 aromatic carbocycles. The summed E-state index contributed by atoms with van der Waals surface area (Å²) in [4.78, 5) is 1.29. The van der Waals surface area contributed by atoms with Crippen molar-refractivity contribution in [3.05, 3.63) is 63.5 Å². The number of hydrogen-bond acceptors (Lipinski definition) is 2. The molecule has 1 heterocycles. The Labute approximate surface area is 132 Å². The SMILES string of the molecule is CC(Nc1cc(Cl)cc(Cl)c1)c1cc2ccccc2s1. The van der Waals surface area contributed by atoms with E-state index in [9.17, 15) is 0 Å². The quantitative estimate of drug-likeness (QED) is 0.590. The molecule has 20 heavy (non-hydrogen) atoms. The molecule has 1 N–H and O–H groups in total. The van der Waals surface area contributed by atoms with Crippen LogP contribution in [0.25, 0.3) is 10.1 Å². The van der Waals surface area contributed by atoms with Crippen LogP contribution in [0.2, 0.25) is 10.0 Å². The lowest BCUT2D eigenvalue weighted by Gasteiger charge is -2.14. The van der Waals surface area contributed by atoms with Crippen LogP contribution in [-0.2, 0) is 0 Å². The van der Waals surface area contributed by atoms with Crippen LogP contribution in [0.4, 0.5) is 5.69 Å². The third-order valence-corrected chi connectivity index (χ3v) is 4.85. The fourth-order valence-corrected chi connectivity index (χ4v) is 3.77. The maximum absolute atomic E-state index is 6.02. The van der Waals surface area contributed by atoms with E-state index in [-0.39, 0.29) is 6.04 Å². The zero-order valence-corrected chi connectivity index (χ0v) is 13.2. The normalized spacial score (nSPS) is 12.6. The highest BCUT2D eigenvalue weighted by atomic mass is 35.5. The zero-order valence-electron chi connectivity index (χ0n) is 10.9. The monoisotopic (exact) mass is 321 g/mol.